The van der Waals surface area contributed by atoms with Crippen LogP contribution >= 0.6 is 0 Å². The number of nitrogen functional groups attached to an aromatic ring is 1. The molecule has 8 nitrogen and oxygen atoms in total. The standard InChI is InChI=1S/C17H16N4O4/c1-22-12-5-9(6-13(23-2)15(12)24-3)14-10(7-18)16(20)21-17(25-4)11(14)8-19/h5-6H,1-4H3,(H2,20,21). The van der Waals surface area contributed by atoms with Crippen molar-refractivity contribution in [2.75, 3.05) is 34.2 Å². The summed E-state index contributed by atoms with van der Waals surface area (Å²) < 4.78 is 21.1. The second-order valence-electron chi connectivity index (χ2n) is 4.77. The summed E-state index contributed by atoms with van der Waals surface area (Å²) in [7, 11) is 5.79. The first-order chi connectivity index (χ1) is 12.1. The van der Waals surface area contributed by atoms with Gasteiger partial charge in [-0.15, -0.1) is 0 Å². The van der Waals surface area contributed by atoms with Crippen molar-refractivity contribution < 1.29 is 18.9 Å². The molecule has 1 heterocycles. The first kappa shape index (κ1) is 17.7. The molecule has 128 valence electrons. The van der Waals surface area contributed by atoms with Crippen LogP contribution in [0.5, 0.6) is 23.1 Å². The smallest absolute Gasteiger partial charge is 0.234 e. The molecule has 0 unspecified atom stereocenters. The van der Waals surface area contributed by atoms with Gasteiger partial charge in [0.1, 0.15) is 29.1 Å². The third-order valence-electron chi connectivity index (χ3n) is 3.56. The van der Waals surface area contributed by atoms with Gasteiger partial charge in [-0.3, -0.25) is 0 Å². The van der Waals surface area contributed by atoms with Crippen LogP contribution in [0.3, 0.4) is 0 Å². The highest BCUT2D eigenvalue weighted by Crippen LogP contribution is 2.44. The summed E-state index contributed by atoms with van der Waals surface area (Å²) in [5.41, 5.74) is 6.77. The monoisotopic (exact) mass is 340 g/mol. The number of ether oxygens (including phenoxy) is 4. The lowest BCUT2D eigenvalue weighted by Gasteiger charge is -2.16. The summed E-state index contributed by atoms with van der Waals surface area (Å²) in [6, 6.07) is 7.24. The fraction of sp³-hybridized carbons (Fsp3) is 0.235. The van der Waals surface area contributed by atoms with Gasteiger partial charge < -0.3 is 24.7 Å². The number of anilines is 1. The maximum Gasteiger partial charge on any atom is 0.234 e. The van der Waals surface area contributed by atoms with Crippen LogP contribution in [0.2, 0.25) is 0 Å². The number of nitriles is 2. The van der Waals surface area contributed by atoms with Crippen molar-refractivity contribution in [2.45, 2.75) is 0 Å². The van der Waals surface area contributed by atoms with Crippen LogP contribution in [0.4, 0.5) is 5.82 Å². The van der Waals surface area contributed by atoms with E-state index in [0.717, 1.165) is 0 Å². The topological polar surface area (TPSA) is 123 Å². The molecule has 0 saturated carbocycles. The fourth-order valence-corrected chi connectivity index (χ4v) is 2.46. The van der Waals surface area contributed by atoms with E-state index >= 15 is 0 Å². The summed E-state index contributed by atoms with van der Waals surface area (Å²) in [6.07, 6.45) is 0. The molecule has 0 aliphatic rings. The maximum absolute atomic E-state index is 9.55. The minimum atomic E-state index is -0.0397. The zero-order valence-corrected chi connectivity index (χ0v) is 14.2. The molecule has 0 aliphatic carbocycles. The van der Waals surface area contributed by atoms with E-state index < -0.39 is 0 Å². The van der Waals surface area contributed by atoms with Crippen molar-refractivity contribution in [2.24, 2.45) is 0 Å². The van der Waals surface area contributed by atoms with Gasteiger partial charge in [-0.25, -0.2) is 0 Å². The lowest BCUT2D eigenvalue weighted by atomic mass is 9.95. The molecule has 2 aromatic rings. The van der Waals surface area contributed by atoms with E-state index in [4.69, 9.17) is 24.7 Å². The fourth-order valence-electron chi connectivity index (χ4n) is 2.46. The largest absolute Gasteiger partial charge is 0.493 e. The van der Waals surface area contributed by atoms with Gasteiger partial charge in [0.2, 0.25) is 11.6 Å². The van der Waals surface area contributed by atoms with E-state index in [9.17, 15) is 10.5 Å². The highest BCUT2D eigenvalue weighted by molar-refractivity contribution is 5.84. The Balaban J connectivity index is 2.94. The first-order valence-corrected chi connectivity index (χ1v) is 7.04. The number of nitrogens with zero attached hydrogens (tertiary/aromatic N) is 3. The van der Waals surface area contributed by atoms with Crippen molar-refractivity contribution in [3.05, 3.63) is 23.3 Å². The molecule has 25 heavy (non-hydrogen) atoms. The Bertz CT molecular complexity index is 872. The molecule has 2 N–H and O–H groups in total. The van der Waals surface area contributed by atoms with Gasteiger partial charge in [0, 0.05) is 5.56 Å². The Morgan fingerprint density at radius 2 is 1.44 bits per heavy atom. The zero-order chi connectivity index (χ0) is 18.6. The van der Waals surface area contributed by atoms with Crippen LogP contribution in [0, 0.1) is 22.7 Å². The Hall–Kier alpha value is -3.65. The third kappa shape index (κ3) is 2.93. The predicted molar refractivity (Wildman–Crippen MR) is 89.7 cm³/mol. The molecular formula is C17H16N4O4. The van der Waals surface area contributed by atoms with Crippen LogP contribution in [0.1, 0.15) is 11.1 Å². The van der Waals surface area contributed by atoms with E-state index in [2.05, 4.69) is 4.98 Å². The average Bonchev–Trinajstić information content (AvgIpc) is 2.65. The van der Waals surface area contributed by atoms with Gasteiger partial charge in [-0.1, -0.05) is 0 Å². The molecule has 8 heteroatoms. The molecule has 2 rings (SSSR count). The predicted octanol–water partition coefficient (Wildman–Crippen LogP) is 2.11. The summed E-state index contributed by atoms with van der Waals surface area (Å²) in [4.78, 5) is 3.96. The molecule has 0 amide bonds. The van der Waals surface area contributed by atoms with Crippen molar-refractivity contribution in [1.29, 1.82) is 10.5 Å². The van der Waals surface area contributed by atoms with E-state index in [1.54, 1.807) is 12.1 Å². The molecule has 0 aliphatic heterocycles. The highest BCUT2D eigenvalue weighted by Gasteiger charge is 2.23. The summed E-state index contributed by atoms with van der Waals surface area (Å²) in [6.45, 7) is 0. The van der Waals surface area contributed by atoms with Gasteiger partial charge in [-0.2, -0.15) is 15.5 Å². The molecule has 0 atom stereocenters. The molecule has 0 bridgehead atoms. The molecular weight excluding hydrogens is 324 g/mol. The van der Waals surface area contributed by atoms with Gasteiger partial charge in [0.15, 0.2) is 11.5 Å². The Morgan fingerprint density at radius 3 is 1.84 bits per heavy atom. The Kier molecular flexibility index (Phi) is 5.15. The summed E-state index contributed by atoms with van der Waals surface area (Å²) in [5, 5.41) is 19.0. The van der Waals surface area contributed by atoms with E-state index in [1.807, 2.05) is 12.1 Å². The second kappa shape index (κ2) is 7.28. The molecule has 1 aromatic heterocycles. The summed E-state index contributed by atoms with van der Waals surface area (Å²) >= 11 is 0. The van der Waals surface area contributed by atoms with E-state index in [0.29, 0.717) is 22.8 Å². The maximum atomic E-state index is 9.55. The second-order valence-corrected chi connectivity index (χ2v) is 4.77. The SMILES string of the molecule is COc1cc(-c2c(C#N)c(N)nc(OC)c2C#N)cc(OC)c1OC. The number of benzene rings is 1. The van der Waals surface area contributed by atoms with Crippen LogP contribution in [-0.4, -0.2) is 33.4 Å². The number of pyridine rings is 1. The van der Waals surface area contributed by atoms with Crippen molar-refractivity contribution >= 4 is 5.82 Å². The molecule has 0 radical (unpaired) electrons. The van der Waals surface area contributed by atoms with Crippen molar-refractivity contribution in [3.8, 4) is 46.4 Å². The van der Waals surface area contributed by atoms with Crippen molar-refractivity contribution in [3.63, 3.8) is 0 Å². The zero-order valence-electron chi connectivity index (χ0n) is 14.2. The quantitative estimate of drug-likeness (QED) is 0.877. The third-order valence-corrected chi connectivity index (χ3v) is 3.56. The van der Waals surface area contributed by atoms with Gasteiger partial charge in [-0.05, 0) is 17.7 Å². The van der Waals surface area contributed by atoms with Crippen molar-refractivity contribution in [1.82, 2.24) is 4.98 Å². The molecule has 0 spiro atoms. The lowest BCUT2D eigenvalue weighted by molar-refractivity contribution is 0.324. The van der Waals surface area contributed by atoms with E-state index in [-0.39, 0.29) is 28.4 Å². The Morgan fingerprint density at radius 1 is 0.880 bits per heavy atom. The van der Waals surface area contributed by atoms with Crippen LogP contribution < -0.4 is 24.7 Å². The van der Waals surface area contributed by atoms with Crippen LogP contribution in [0.25, 0.3) is 11.1 Å². The van der Waals surface area contributed by atoms with Gasteiger partial charge in [0.05, 0.1) is 28.4 Å². The highest BCUT2D eigenvalue weighted by atomic mass is 16.5. The minimum Gasteiger partial charge on any atom is -0.493 e. The summed E-state index contributed by atoms with van der Waals surface area (Å²) in [5.74, 6) is 1.13. The van der Waals surface area contributed by atoms with Gasteiger partial charge >= 0.3 is 0 Å². The number of aromatic nitrogens is 1. The molecule has 0 saturated heterocycles. The molecule has 1 aromatic carbocycles. The normalized spacial score (nSPS) is 9.68. The minimum absolute atomic E-state index is 0.0303. The number of hydrogen-bond acceptors (Lipinski definition) is 8. The van der Waals surface area contributed by atoms with Crippen LogP contribution in [-0.2, 0) is 0 Å². The lowest BCUT2D eigenvalue weighted by Crippen LogP contribution is -2.04. The number of methoxy groups -OCH3 is 4. The number of rotatable bonds is 5. The van der Waals surface area contributed by atoms with Gasteiger partial charge in [0.25, 0.3) is 0 Å². The average molecular weight is 340 g/mol. The van der Waals surface area contributed by atoms with Crippen LogP contribution in [0.15, 0.2) is 12.1 Å². The molecule has 0 fully saturated rings. The number of nitrogens with two attached hydrogens (primary N) is 1. The van der Waals surface area contributed by atoms with E-state index in [1.165, 1.54) is 28.4 Å². The first-order valence-electron chi connectivity index (χ1n) is 7.04. The Labute approximate surface area is 144 Å². The number of hydrogen-bond donors (Lipinski definition) is 1.